The molecule has 0 aliphatic heterocycles. The maximum Gasteiger partial charge on any atom is 0.323 e. The third-order valence-corrected chi connectivity index (χ3v) is 3.11. The average Bonchev–Trinajstić information content (AvgIpc) is 2.46. The number of hydrogen-bond donors (Lipinski definition) is 2. The van der Waals surface area contributed by atoms with Gasteiger partial charge in [-0.25, -0.2) is 9.18 Å². The Bertz CT molecular complexity index is 596. The van der Waals surface area contributed by atoms with Crippen LogP contribution in [0.15, 0.2) is 48.5 Å². The molecule has 0 heterocycles. The smallest absolute Gasteiger partial charge is 0.308 e. The van der Waals surface area contributed by atoms with Crippen LogP contribution in [0.2, 0.25) is 0 Å². The van der Waals surface area contributed by atoms with Crippen LogP contribution in [0.3, 0.4) is 0 Å². The van der Waals surface area contributed by atoms with Gasteiger partial charge in [0, 0.05) is 11.4 Å². The second kappa shape index (κ2) is 7.43. The summed E-state index contributed by atoms with van der Waals surface area (Å²) in [5.41, 5.74) is 2.39. The lowest BCUT2D eigenvalue weighted by molar-refractivity contribution is 0.262. The number of unbranched alkanes of at least 4 members (excludes halogenated alkanes) is 1. The zero-order valence-electron chi connectivity index (χ0n) is 12.0. The average molecular weight is 286 g/mol. The minimum Gasteiger partial charge on any atom is -0.308 e. The predicted molar refractivity (Wildman–Crippen MR) is 84.1 cm³/mol. The Morgan fingerprint density at radius 3 is 2.43 bits per heavy atom. The van der Waals surface area contributed by atoms with Gasteiger partial charge < -0.3 is 10.6 Å². The van der Waals surface area contributed by atoms with Gasteiger partial charge in [-0.2, -0.15) is 0 Å². The van der Waals surface area contributed by atoms with Crippen molar-refractivity contribution < 1.29 is 9.18 Å². The fraction of sp³-hybridized carbons (Fsp3) is 0.235. The Kier molecular flexibility index (Phi) is 5.32. The molecule has 0 saturated heterocycles. The number of aryl methyl sites for hydroxylation is 1. The summed E-state index contributed by atoms with van der Waals surface area (Å²) < 4.78 is 13.0. The first-order valence-corrected chi connectivity index (χ1v) is 7.10. The van der Waals surface area contributed by atoms with E-state index in [1.54, 1.807) is 12.1 Å². The molecule has 2 amide bonds. The molecule has 3 nitrogen and oxygen atoms in total. The normalized spacial score (nSPS) is 10.2. The van der Waals surface area contributed by atoms with E-state index in [2.05, 4.69) is 17.6 Å². The van der Waals surface area contributed by atoms with E-state index in [1.807, 2.05) is 24.3 Å². The molecular formula is C17H19FN2O. The zero-order valence-corrected chi connectivity index (χ0v) is 12.0. The Morgan fingerprint density at radius 2 is 1.76 bits per heavy atom. The molecule has 0 saturated carbocycles. The van der Waals surface area contributed by atoms with Crippen molar-refractivity contribution in [3.63, 3.8) is 0 Å². The summed E-state index contributed by atoms with van der Waals surface area (Å²) in [5, 5.41) is 5.31. The van der Waals surface area contributed by atoms with Crippen LogP contribution in [0, 0.1) is 5.82 Å². The molecule has 0 unspecified atom stereocenters. The first-order valence-electron chi connectivity index (χ1n) is 7.10. The number of amides is 2. The summed E-state index contributed by atoms with van der Waals surface area (Å²) in [6, 6.07) is 13.2. The van der Waals surface area contributed by atoms with Gasteiger partial charge in [0.15, 0.2) is 0 Å². The molecule has 21 heavy (non-hydrogen) atoms. The molecule has 0 spiro atoms. The van der Waals surface area contributed by atoms with E-state index in [-0.39, 0.29) is 11.8 Å². The standard InChI is InChI=1S/C17H19FN2O/c1-2-3-5-13-8-10-15(11-9-13)19-17(21)20-16-7-4-6-14(18)12-16/h4,6-12H,2-3,5H2,1H3,(H2,19,20,21). The van der Waals surface area contributed by atoms with Crippen LogP contribution >= 0.6 is 0 Å². The molecule has 2 N–H and O–H groups in total. The molecule has 0 atom stereocenters. The van der Waals surface area contributed by atoms with Gasteiger partial charge in [0.2, 0.25) is 0 Å². The van der Waals surface area contributed by atoms with Crippen molar-refractivity contribution >= 4 is 17.4 Å². The molecular weight excluding hydrogens is 267 g/mol. The first-order chi connectivity index (χ1) is 10.2. The number of carbonyl (C=O) groups is 1. The van der Waals surface area contributed by atoms with Crippen molar-refractivity contribution in [2.75, 3.05) is 10.6 Å². The summed E-state index contributed by atoms with van der Waals surface area (Å²) in [5.74, 6) is -0.381. The molecule has 2 aromatic carbocycles. The third kappa shape index (κ3) is 4.91. The van der Waals surface area contributed by atoms with E-state index >= 15 is 0 Å². The van der Waals surface area contributed by atoms with Gasteiger partial charge in [-0.1, -0.05) is 31.5 Å². The SMILES string of the molecule is CCCCc1ccc(NC(=O)Nc2cccc(F)c2)cc1. The highest BCUT2D eigenvalue weighted by atomic mass is 19.1. The number of benzene rings is 2. The molecule has 0 bridgehead atoms. The molecule has 0 fully saturated rings. The molecule has 110 valence electrons. The monoisotopic (exact) mass is 286 g/mol. The van der Waals surface area contributed by atoms with E-state index in [0.29, 0.717) is 11.4 Å². The molecule has 0 aliphatic rings. The number of rotatable bonds is 5. The van der Waals surface area contributed by atoms with Crippen LogP contribution in [0.25, 0.3) is 0 Å². The van der Waals surface area contributed by atoms with Gasteiger partial charge in [0.05, 0.1) is 0 Å². The maximum absolute atomic E-state index is 13.0. The molecule has 2 aromatic rings. The van der Waals surface area contributed by atoms with Gasteiger partial charge in [0.25, 0.3) is 0 Å². The van der Waals surface area contributed by atoms with E-state index in [9.17, 15) is 9.18 Å². The lowest BCUT2D eigenvalue weighted by Crippen LogP contribution is -2.19. The van der Waals surface area contributed by atoms with Crippen LogP contribution in [0.5, 0.6) is 0 Å². The topological polar surface area (TPSA) is 41.1 Å². The van der Waals surface area contributed by atoms with Crippen LogP contribution in [-0.4, -0.2) is 6.03 Å². The Hall–Kier alpha value is -2.36. The quantitative estimate of drug-likeness (QED) is 0.813. The van der Waals surface area contributed by atoms with Crippen molar-refractivity contribution in [1.29, 1.82) is 0 Å². The molecule has 0 aromatic heterocycles. The number of carbonyl (C=O) groups excluding carboxylic acids is 1. The molecule has 4 heteroatoms. The summed E-state index contributed by atoms with van der Waals surface area (Å²) >= 11 is 0. The first kappa shape index (κ1) is 15.0. The highest BCUT2D eigenvalue weighted by molar-refractivity contribution is 5.99. The van der Waals surface area contributed by atoms with Crippen LogP contribution in [0.1, 0.15) is 25.3 Å². The maximum atomic E-state index is 13.0. The van der Waals surface area contributed by atoms with Crippen molar-refractivity contribution in [2.45, 2.75) is 26.2 Å². The minimum atomic E-state index is -0.387. The van der Waals surface area contributed by atoms with Crippen molar-refractivity contribution in [3.8, 4) is 0 Å². The second-order valence-corrected chi connectivity index (χ2v) is 4.89. The summed E-state index contributed by atoms with van der Waals surface area (Å²) in [7, 11) is 0. The van der Waals surface area contributed by atoms with Crippen molar-refractivity contribution in [3.05, 3.63) is 59.9 Å². The van der Waals surface area contributed by atoms with Crippen molar-refractivity contribution in [2.24, 2.45) is 0 Å². The van der Waals surface area contributed by atoms with Gasteiger partial charge in [-0.05, 0) is 48.7 Å². The van der Waals surface area contributed by atoms with Gasteiger partial charge in [-0.15, -0.1) is 0 Å². The fourth-order valence-electron chi connectivity index (χ4n) is 2.00. The van der Waals surface area contributed by atoms with Crippen LogP contribution < -0.4 is 10.6 Å². The zero-order chi connectivity index (χ0) is 15.1. The Labute approximate surface area is 124 Å². The lowest BCUT2D eigenvalue weighted by Gasteiger charge is -2.08. The highest BCUT2D eigenvalue weighted by Crippen LogP contribution is 2.13. The lowest BCUT2D eigenvalue weighted by atomic mass is 10.1. The van der Waals surface area contributed by atoms with E-state index in [4.69, 9.17) is 0 Å². The number of urea groups is 1. The molecule has 0 radical (unpaired) electrons. The van der Waals surface area contributed by atoms with Crippen molar-refractivity contribution in [1.82, 2.24) is 0 Å². The molecule has 0 aliphatic carbocycles. The summed E-state index contributed by atoms with van der Waals surface area (Å²) in [6.45, 7) is 2.16. The van der Waals surface area contributed by atoms with E-state index in [0.717, 1.165) is 19.3 Å². The fourth-order valence-corrected chi connectivity index (χ4v) is 2.00. The third-order valence-electron chi connectivity index (χ3n) is 3.11. The number of hydrogen-bond acceptors (Lipinski definition) is 1. The van der Waals surface area contributed by atoms with Crippen LogP contribution in [0.4, 0.5) is 20.6 Å². The predicted octanol–water partition coefficient (Wildman–Crippen LogP) is 4.81. The Morgan fingerprint density at radius 1 is 1.05 bits per heavy atom. The van der Waals surface area contributed by atoms with Gasteiger partial charge in [-0.3, -0.25) is 0 Å². The van der Waals surface area contributed by atoms with Gasteiger partial charge in [0.1, 0.15) is 5.82 Å². The summed E-state index contributed by atoms with van der Waals surface area (Å²) in [6.07, 6.45) is 3.37. The summed E-state index contributed by atoms with van der Waals surface area (Å²) in [4.78, 5) is 11.8. The number of nitrogens with one attached hydrogen (secondary N) is 2. The minimum absolute atomic E-state index is 0.381. The number of halogens is 1. The molecule has 2 rings (SSSR count). The van der Waals surface area contributed by atoms with Gasteiger partial charge >= 0.3 is 6.03 Å². The van der Waals surface area contributed by atoms with Crippen LogP contribution in [-0.2, 0) is 6.42 Å². The highest BCUT2D eigenvalue weighted by Gasteiger charge is 2.03. The number of anilines is 2. The largest absolute Gasteiger partial charge is 0.323 e. The van der Waals surface area contributed by atoms with E-state index < -0.39 is 0 Å². The van der Waals surface area contributed by atoms with E-state index in [1.165, 1.54) is 17.7 Å². The Balaban J connectivity index is 1.90. The second-order valence-electron chi connectivity index (χ2n) is 4.89.